The molecule has 0 fully saturated rings. The number of carbonyl (C=O) groups excluding carboxylic acids is 1. The Hall–Kier alpha value is -3.10. The molecular formula is C22H26N6O2. The summed E-state index contributed by atoms with van der Waals surface area (Å²) in [6.45, 7) is 4.35. The molecule has 156 valence electrons. The molecule has 2 aromatic heterocycles. The van der Waals surface area contributed by atoms with Gasteiger partial charge >= 0.3 is 0 Å². The molecule has 1 amide bonds. The van der Waals surface area contributed by atoms with E-state index in [2.05, 4.69) is 48.6 Å². The van der Waals surface area contributed by atoms with E-state index in [0.29, 0.717) is 18.7 Å². The fourth-order valence-corrected chi connectivity index (χ4v) is 3.74. The summed E-state index contributed by atoms with van der Waals surface area (Å²) < 4.78 is 0. The standard InChI is InChI=1S/C22H26N6O2/c1-15-8-19(27-26-15)9-18-10-21(25-14-24-18)22(30)23-11-20(29)13-28-7-6-16-4-2-3-5-17(16)12-28/h2-5,8,10,14,20,29H,6-7,9,11-13H2,1H3,(H,23,30)(H,26,27)/t20-/m0/s1. The highest BCUT2D eigenvalue weighted by atomic mass is 16.3. The number of H-pyrrole nitrogens is 1. The number of aromatic amines is 1. The van der Waals surface area contributed by atoms with E-state index in [0.717, 1.165) is 30.9 Å². The average Bonchev–Trinajstić information content (AvgIpc) is 3.16. The van der Waals surface area contributed by atoms with Crippen molar-refractivity contribution in [2.75, 3.05) is 19.6 Å². The molecule has 0 radical (unpaired) electrons. The molecule has 0 unspecified atom stereocenters. The van der Waals surface area contributed by atoms with Crippen LogP contribution in [0.2, 0.25) is 0 Å². The highest BCUT2D eigenvalue weighted by Gasteiger charge is 2.19. The van der Waals surface area contributed by atoms with Crippen LogP contribution in [0.4, 0.5) is 0 Å². The first-order valence-electron chi connectivity index (χ1n) is 10.1. The van der Waals surface area contributed by atoms with E-state index in [-0.39, 0.29) is 18.1 Å². The van der Waals surface area contributed by atoms with Crippen molar-refractivity contribution in [3.05, 3.63) is 76.6 Å². The maximum Gasteiger partial charge on any atom is 0.270 e. The predicted molar refractivity (Wildman–Crippen MR) is 112 cm³/mol. The molecule has 0 saturated heterocycles. The normalized spacial score (nSPS) is 14.9. The first-order chi connectivity index (χ1) is 14.6. The zero-order valence-electron chi connectivity index (χ0n) is 17.0. The highest BCUT2D eigenvalue weighted by molar-refractivity contribution is 5.92. The van der Waals surface area contributed by atoms with Crippen molar-refractivity contribution in [1.82, 2.24) is 30.4 Å². The average molecular weight is 406 g/mol. The Kier molecular flexibility index (Phi) is 6.15. The Bertz CT molecular complexity index is 1020. The second-order valence-corrected chi connectivity index (χ2v) is 7.73. The van der Waals surface area contributed by atoms with Gasteiger partial charge in [0, 0.05) is 38.3 Å². The SMILES string of the molecule is Cc1cc(Cc2cc(C(=O)NC[C@H](O)CN3CCc4ccccc4C3)ncn2)n[nH]1. The van der Waals surface area contributed by atoms with Crippen molar-refractivity contribution in [2.45, 2.75) is 32.4 Å². The van der Waals surface area contributed by atoms with E-state index >= 15 is 0 Å². The molecule has 1 aliphatic rings. The number of aryl methyl sites for hydroxylation is 1. The molecule has 3 N–H and O–H groups in total. The highest BCUT2D eigenvalue weighted by Crippen LogP contribution is 2.18. The molecule has 0 saturated carbocycles. The number of aromatic nitrogens is 4. The summed E-state index contributed by atoms with van der Waals surface area (Å²) >= 11 is 0. The van der Waals surface area contributed by atoms with E-state index in [1.165, 1.54) is 17.5 Å². The van der Waals surface area contributed by atoms with Gasteiger partial charge in [-0.25, -0.2) is 9.97 Å². The van der Waals surface area contributed by atoms with Gasteiger partial charge in [-0.1, -0.05) is 24.3 Å². The molecule has 30 heavy (non-hydrogen) atoms. The lowest BCUT2D eigenvalue weighted by Gasteiger charge is -2.30. The van der Waals surface area contributed by atoms with Gasteiger partial charge in [0.1, 0.15) is 12.0 Å². The van der Waals surface area contributed by atoms with Crippen LogP contribution in [0, 0.1) is 6.92 Å². The zero-order chi connectivity index (χ0) is 20.9. The Balaban J connectivity index is 1.27. The van der Waals surface area contributed by atoms with E-state index in [1.807, 2.05) is 19.1 Å². The first kappa shape index (κ1) is 20.2. The van der Waals surface area contributed by atoms with Gasteiger partial charge in [-0.3, -0.25) is 14.8 Å². The summed E-state index contributed by atoms with van der Waals surface area (Å²) in [7, 11) is 0. The number of hydrogen-bond donors (Lipinski definition) is 3. The number of benzene rings is 1. The summed E-state index contributed by atoms with van der Waals surface area (Å²) in [4.78, 5) is 23.0. The molecule has 1 aliphatic heterocycles. The summed E-state index contributed by atoms with van der Waals surface area (Å²) in [5.74, 6) is -0.320. The van der Waals surface area contributed by atoms with Crippen LogP contribution < -0.4 is 5.32 Å². The van der Waals surface area contributed by atoms with Gasteiger partial charge in [0.05, 0.1) is 17.5 Å². The number of aliphatic hydroxyl groups excluding tert-OH is 1. The number of rotatable bonds is 7. The van der Waals surface area contributed by atoms with E-state index in [1.54, 1.807) is 6.07 Å². The summed E-state index contributed by atoms with van der Waals surface area (Å²) in [5, 5.41) is 20.3. The minimum atomic E-state index is -0.646. The third kappa shape index (κ3) is 5.08. The molecule has 3 aromatic rings. The van der Waals surface area contributed by atoms with Gasteiger partial charge < -0.3 is 10.4 Å². The fraction of sp³-hybridized carbons (Fsp3) is 0.364. The van der Waals surface area contributed by atoms with Crippen molar-refractivity contribution >= 4 is 5.91 Å². The molecule has 4 rings (SSSR count). The summed E-state index contributed by atoms with van der Waals surface area (Å²) in [6.07, 6.45) is 2.24. The Morgan fingerprint density at radius 2 is 2.07 bits per heavy atom. The Labute approximate surface area is 175 Å². The second kappa shape index (κ2) is 9.15. The number of carbonyl (C=O) groups is 1. The summed E-state index contributed by atoms with van der Waals surface area (Å²) in [5.41, 5.74) is 5.52. The maximum atomic E-state index is 12.5. The van der Waals surface area contributed by atoms with Crippen LogP contribution in [0.15, 0.2) is 42.7 Å². The van der Waals surface area contributed by atoms with Crippen molar-refractivity contribution in [1.29, 1.82) is 0 Å². The first-order valence-corrected chi connectivity index (χ1v) is 10.1. The minimum Gasteiger partial charge on any atom is -0.390 e. The van der Waals surface area contributed by atoms with Crippen molar-refractivity contribution in [2.24, 2.45) is 0 Å². The van der Waals surface area contributed by atoms with Gasteiger partial charge in [0.15, 0.2) is 0 Å². The predicted octanol–water partition coefficient (Wildman–Crippen LogP) is 1.25. The van der Waals surface area contributed by atoms with Crippen LogP contribution >= 0.6 is 0 Å². The van der Waals surface area contributed by atoms with Crippen LogP contribution in [0.25, 0.3) is 0 Å². The lowest BCUT2D eigenvalue weighted by molar-refractivity contribution is 0.0838. The van der Waals surface area contributed by atoms with Crippen LogP contribution in [-0.2, 0) is 19.4 Å². The van der Waals surface area contributed by atoms with Gasteiger partial charge in [0.2, 0.25) is 0 Å². The van der Waals surface area contributed by atoms with Crippen LogP contribution in [0.1, 0.15) is 38.7 Å². The fourth-order valence-electron chi connectivity index (χ4n) is 3.74. The zero-order valence-corrected chi connectivity index (χ0v) is 17.0. The van der Waals surface area contributed by atoms with Crippen LogP contribution in [0.5, 0.6) is 0 Å². The monoisotopic (exact) mass is 406 g/mol. The van der Waals surface area contributed by atoms with Crippen molar-refractivity contribution < 1.29 is 9.90 Å². The number of aliphatic hydroxyl groups is 1. The van der Waals surface area contributed by atoms with E-state index < -0.39 is 6.10 Å². The molecule has 0 bridgehead atoms. The quantitative estimate of drug-likeness (QED) is 0.545. The number of amides is 1. The van der Waals surface area contributed by atoms with Gasteiger partial charge in [-0.15, -0.1) is 0 Å². The number of β-amino-alcohol motifs (C(OH)–C–C–N with tert-alkyl or cyclic N) is 1. The van der Waals surface area contributed by atoms with Crippen LogP contribution in [0.3, 0.4) is 0 Å². The molecule has 1 aromatic carbocycles. The largest absolute Gasteiger partial charge is 0.390 e. The Morgan fingerprint density at radius 3 is 2.87 bits per heavy atom. The number of hydrogen-bond acceptors (Lipinski definition) is 6. The summed E-state index contributed by atoms with van der Waals surface area (Å²) in [6, 6.07) is 12.0. The second-order valence-electron chi connectivity index (χ2n) is 7.73. The molecule has 8 heteroatoms. The smallest absolute Gasteiger partial charge is 0.270 e. The van der Waals surface area contributed by atoms with Gasteiger partial charge in [-0.05, 0) is 36.6 Å². The lowest BCUT2D eigenvalue weighted by atomic mass is 10.00. The number of nitrogens with zero attached hydrogens (tertiary/aromatic N) is 4. The van der Waals surface area contributed by atoms with Crippen LogP contribution in [-0.4, -0.2) is 61.8 Å². The third-order valence-corrected chi connectivity index (χ3v) is 5.25. The van der Waals surface area contributed by atoms with Gasteiger partial charge in [-0.2, -0.15) is 5.10 Å². The van der Waals surface area contributed by atoms with Gasteiger partial charge in [0.25, 0.3) is 5.91 Å². The molecule has 8 nitrogen and oxygen atoms in total. The molecule has 0 spiro atoms. The third-order valence-electron chi connectivity index (χ3n) is 5.25. The topological polar surface area (TPSA) is 107 Å². The van der Waals surface area contributed by atoms with E-state index in [9.17, 15) is 9.90 Å². The Morgan fingerprint density at radius 1 is 1.23 bits per heavy atom. The lowest BCUT2D eigenvalue weighted by Crippen LogP contribution is -2.42. The molecule has 0 aliphatic carbocycles. The number of nitrogens with one attached hydrogen (secondary N) is 2. The molecule has 1 atom stereocenters. The maximum absolute atomic E-state index is 12.5. The molecular weight excluding hydrogens is 380 g/mol. The molecule has 3 heterocycles. The minimum absolute atomic E-state index is 0.175. The van der Waals surface area contributed by atoms with E-state index in [4.69, 9.17) is 0 Å². The number of fused-ring (bicyclic) bond motifs is 1. The van der Waals surface area contributed by atoms with Crippen molar-refractivity contribution in [3.8, 4) is 0 Å². The van der Waals surface area contributed by atoms with Crippen molar-refractivity contribution in [3.63, 3.8) is 0 Å².